The maximum atomic E-state index is 9.37. The first kappa shape index (κ1) is 15.4. The lowest BCUT2D eigenvalue weighted by atomic mass is 10.0. The molecule has 0 amide bonds. The van der Waals surface area contributed by atoms with Crippen LogP contribution in [0.4, 0.5) is 5.82 Å². The predicted molar refractivity (Wildman–Crippen MR) is 78.1 cm³/mol. The number of nitrogens with one attached hydrogen (secondary N) is 1. The molecule has 1 rings (SSSR count). The largest absolute Gasteiger partial charge is 0.367 e. The molecular weight excluding hydrogens is 236 g/mol. The summed E-state index contributed by atoms with van der Waals surface area (Å²) in [5, 5.41) is 21.1. The number of aryl methyl sites for hydroxylation is 1. The molecule has 0 radical (unpaired) electrons. The molecule has 0 aromatic carbocycles. The second kappa shape index (κ2) is 7.73. The molecule has 1 heterocycles. The number of rotatable bonds is 7. The molecule has 0 fully saturated rings. The van der Waals surface area contributed by atoms with Gasteiger partial charge >= 0.3 is 0 Å². The van der Waals surface area contributed by atoms with Gasteiger partial charge in [-0.1, -0.05) is 40.5 Å². The fourth-order valence-corrected chi connectivity index (χ4v) is 2.24. The first-order chi connectivity index (χ1) is 9.21. The van der Waals surface area contributed by atoms with Gasteiger partial charge in [-0.15, -0.1) is 5.10 Å². The summed E-state index contributed by atoms with van der Waals surface area (Å²) < 4.78 is 0. The van der Waals surface area contributed by atoms with Crippen LogP contribution in [-0.4, -0.2) is 16.7 Å². The Morgan fingerprint density at radius 3 is 2.26 bits per heavy atom. The average molecular weight is 260 g/mol. The zero-order chi connectivity index (χ0) is 14.3. The van der Waals surface area contributed by atoms with Crippen LogP contribution < -0.4 is 5.32 Å². The van der Waals surface area contributed by atoms with Crippen molar-refractivity contribution in [2.45, 2.75) is 53.4 Å². The summed E-state index contributed by atoms with van der Waals surface area (Å²) in [6, 6.07) is 2.28. The van der Waals surface area contributed by atoms with Crippen molar-refractivity contribution >= 4 is 5.82 Å². The lowest BCUT2D eigenvalue weighted by molar-refractivity contribution is 0.518. The van der Waals surface area contributed by atoms with Crippen molar-refractivity contribution < 1.29 is 0 Å². The molecule has 0 aliphatic heterocycles. The second-order valence-corrected chi connectivity index (χ2v) is 4.73. The van der Waals surface area contributed by atoms with Crippen LogP contribution >= 0.6 is 0 Å². The van der Waals surface area contributed by atoms with Gasteiger partial charge in [0.05, 0.1) is 5.69 Å². The lowest BCUT2D eigenvalue weighted by Crippen LogP contribution is -2.16. The van der Waals surface area contributed by atoms with Crippen LogP contribution in [0.2, 0.25) is 0 Å². The van der Waals surface area contributed by atoms with Crippen LogP contribution in [0, 0.1) is 17.2 Å². The van der Waals surface area contributed by atoms with Gasteiger partial charge in [0.15, 0.2) is 5.82 Å². The normalized spacial score (nSPS) is 10.5. The molecule has 0 aliphatic carbocycles. The Bertz CT molecular complexity index is 444. The molecular formula is C15H24N4. The van der Waals surface area contributed by atoms with Gasteiger partial charge in [0.25, 0.3) is 0 Å². The van der Waals surface area contributed by atoms with E-state index in [0.29, 0.717) is 17.3 Å². The van der Waals surface area contributed by atoms with Crippen molar-refractivity contribution in [3.05, 3.63) is 16.8 Å². The smallest absolute Gasteiger partial charge is 0.166 e. The molecule has 1 aromatic rings. The van der Waals surface area contributed by atoms with E-state index in [2.05, 4.69) is 42.4 Å². The van der Waals surface area contributed by atoms with Crippen LogP contribution in [0.25, 0.3) is 0 Å². The van der Waals surface area contributed by atoms with Crippen molar-refractivity contribution in [3.63, 3.8) is 0 Å². The Kier molecular flexibility index (Phi) is 6.27. The first-order valence-electron chi connectivity index (χ1n) is 7.23. The Balaban J connectivity index is 2.99. The van der Waals surface area contributed by atoms with Gasteiger partial charge in [-0.2, -0.15) is 10.4 Å². The highest BCUT2D eigenvalue weighted by Gasteiger charge is 2.14. The third-order valence-corrected chi connectivity index (χ3v) is 3.67. The number of nitrogens with zero attached hydrogens (tertiary/aromatic N) is 3. The Morgan fingerprint density at radius 2 is 1.79 bits per heavy atom. The predicted octanol–water partition coefficient (Wildman–Crippen LogP) is 3.32. The maximum Gasteiger partial charge on any atom is 0.166 e. The van der Waals surface area contributed by atoms with Crippen LogP contribution in [0.3, 0.4) is 0 Å². The number of hydrogen-bond donors (Lipinski definition) is 1. The molecule has 0 bridgehead atoms. The second-order valence-electron chi connectivity index (χ2n) is 4.73. The van der Waals surface area contributed by atoms with E-state index in [9.17, 15) is 5.26 Å². The van der Waals surface area contributed by atoms with E-state index in [1.54, 1.807) is 0 Å². The standard InChI is InChI=1S/C15H24N4/c1-5-11(6-2)10-17-15-13(9-16)12(7-3)14(8-4)18-19-15/h11H,5-8,10H2,1-4H3,(H,17,19). The zero-order valence-corrected chi connectivity index (χ0v) is 12.5. The minimum Gasteiger partial charge on any atom is -0.367 e. The van der Waals surface area contributed by atoms with Crippen molar-refractivity contribution in [1.82, 2.24) is 10.2 Å². The van der Waals surface area contributed by atoms with E-state index in [4.69, 9.17) is 0 Å². The van der Waals surface area contributed by atoms with E-state index in [1.165, 1.54) is 0 Å². The van der Waals surface area contributed by atoms with Gasteiger partial charge < -0.3 is 5.32 Å². The van der Waals surface area contributed by atoms with Crippen molar-refractivity contribution in [2.75, 3.05) is 11.9 Å². The molecule has 4 heteroatoms. The van der Waals surface area contributed by atoms with Gasteiger partial charge in [0, 0.05) is 6.54 Å². The molecule has 104 valence electrons. The molecule has 0 unspecified atom stereocenters. The lowest BCUT2D eigenvalue weighted by Gasteiger charge is -2.16. The Morgan fingerprint density at radius 1 is 1.11 bits per heavy atom. The summed E-state index contributed by atoms with van der Waals surface area (Å²) in [4.78, 5) is 0. The highest BCUT2D eigenvalue weighted by molar-refractivity contribution is 5.56. The van der Waals surface area contributed by atoms with Gasteiger partial charge in [0.1, 0.15) is 11.6 Å². The minimum absolute atomic E-state index is 0.615. The molecule has 0 saturated heterocycles. The molecule has 4 nitrogen and oxygen atoms in total. The minimum atomic E-state index is 0.615. The summed E-state index contributed by atoms with van der Waals surface area (Å²) in [7, 11) is 0. The van der Waals surface area contributed by atoms with E-state index < -0.39 is 0 Å². The summed E-state index contributed by atoms with van der Waals surface area (Å²) >= 11 is 0. The fourth-order valence-electron chi connectivity index (χ4n) is 2.24. The van der Waals surface area contributed by atoms with E-state index in [1.807, 2.05) is 6.92 Å². The summed E-state index contributed by atoms with van der Waals surface area (Å²) in [6.45, 7) is 9.32. The number of nitriles is 1. The van der Waals surface area contributed by atoms with Crippen molar-refractivity contribution in [3.8, 4) is 6.07 Å². The zero-order valence-electron chi connectivity index (χ0n) is 12.5. The quantitative estimate of drug-likeness (QED) is 0.817. The third kappa shape index (κ3) is 3.66. The van der Waals surface area contributed by atoms with E-state index in [-0.39, 0.29) is 0 Å². The molecule has 0 atom stereocenters. The first-order valence-corrected chi connectivity index (χ1v) is 7.23. The van der Waals surface area contributed by atoms with E-state index >= 15 is 0 Å². The van der Waals surface area contributed by atoms with Crippen LogP contribution in [0.15, 0.2) is 0 Å². The van der Waals surface area contributed by atoms with Gasteiger partial charge in [-0.25, -0.2) is 0 Å². The highest BCUT2D eigenvalue weighted by Crippen LogP contribution is 2.20. The van der Waals surface area contributed by atoms with Gasteiger partial charge in [-0.3, -0.25) is 0 Å². The van der Waals surface area contributed by atoms with E-state index in [0.717, 1.165) is 43.5 Å². The Hall–Kier alpha value is -1.63. The molecule has 1 N–H and O–H groups in total. The monoisotopic (exact) mass is 260 g/mol. The van der Waals surface area contributed by atoms with Gasteiger partial charge in [0.2, 0.25) is 0 Å². The van der Waals surface area contributed by atoms with Crippen LogP contribution in [-0.2, 0) is 12.8 Å². The average Bonchev–Trinajstić information content (AvgIpc) is 2.47. The van der Waals surface area contributed by atoms with Crippen LogP contribution in [0.5, 0.6) is 0 Å². The number of anilines is 1. The van der Waals surface area contributed by atoms with Crippen molar-refractivity contribution in [2.24, 2.45) is 5.92 Å². The molecule has 0 aliphatic rings. The van der Waals surface area contributed by atoms with Gasteiger partial charge in [-0.05, 0) is 24.3 Å². The molecule has 0 saturated carbocycles. The molecule has 0 spiro atoms. The topological polar surface area (TPSA) is 61.6 Å². The Labute approximate surface area is 116 Å². The summed E-state index contributed by atoms with van der Waals surface area (Å²) in [6.07, 6.45) is 3.90. The summed E-state index contributed by atoms with van der Waals surface area (Å²) in [5.74, 6) is 1.26. The van der Waals surface area contributed by atoms with Crippen LogP contribution in [0.1, 0.15) is 57.4 Å². The fraction of sp³-hybridized carbons (Fsp3) is 0.667. The number of aromatic nitrogens is 2. The summed E-state index contributed by atoms with van der Waals surface area (Å²) in [5.41, 5.74) is 2.64. The number of hydrogen-bond acceptors (Lipinski definition) is 4. The maximum absolute atomic E-state index is 9.37. The third-order valence-electron chi connectivity index (χ3n) is 3.67. The molecule has 1 aromatic heterocycles. The highest BCUT2D eigenvalue weighted by atomic mass is 15.2. The SMILES string of the molecule is CCc1nnc(NCC(CC)CC)c(C#N)c1CC. The molecule has 19 heavy (non-hydrogen) atoms. The van der Waals surface area contributed by atoms with Crippen molar-refractivity contribution in [1.29, 1.82) is 5.26 Å².